The number of nitrogens with zero attached hydrogens (tertiary/aromatic N) is 5. The van der Waals surface area contributed by atoms with Gasteiger partial charge >= 0.3 is 0 Å². The Morgan fingerprint density at radius 1 is 1.33 bits per heavy atom. The summed E-state index contributed by atoms with van der Waals surface area (Å²) >= 11 is 0. The number of aryl methyl sites for hydroxylation is 2. The molecule has 6 heteroatoms. The first-order chi connectivity index (χ1) is 7.18. The van der Waals surface area contributed by atoms with E-state index in [9.17, 15) is 5.11 Å². The highest BCUT2D eigenvalue weighted by atomic mass is 16.3. The summed E-state index contributed by atoms with van der Waals surface area (Å²) in [6.45, 7) is 0. The standard InChI is InChI=1S/C9H13N5O/c1-13-7(3-4-11-13)8(15)5-9-10-6-12-14(9)2/h3-4,6,8,15H,5H2,1-2H3. The Bertz CT molecular complexity index is 447. The second kappa shape index (κ2) is 3.82. The lowest BCUT2D eigenvalue weighted by Gasteiger charge is -2.09. The maximum atomic E-state index is 9.94. The molecule has 0 aliphatic heterocycles. The van der Waals surface area contributed by atoms with Gasteiger partial charge in [0.1, 0.15) is 18.3 Å². The van der Waals surface area contributed by atoms with E-state index in [0.29, 0.717) is 6.42 Å². The molecular formula is C9H13N5O. The van der Waals surface area contributed by atoms with E-state index in [1.165, 1.54) is 6.33 Å². The fourth-order valence-corrected chi connectivity index (χ4v) is 1.49. The second-order valence-electron chi connectivity index (χ2n) is 3.40. The maximum Gasteiger partial charge on any atom is 0.138 e. The molecule has 0 saturated heterocycles. The van der Waals surface area contributed by atoms with Gasteiger partial charge in [-0.25, -0.2) is 4.98 Å². The van der Waals surface area contributed by atoms with Crippen molar-refractivity contribution in [3.63, 3.8) is 0 Å². The van der Waals surface area contributed by atoms with Crippen molar-refractivity contribution in [1.29, 1.82) is 0 Å². The van der Waals surface area contributed by atoms with Crippen LogP contribution < -0.4 is 0 Å². The van der Waals surface area contributed by atoms with Crippen LogP contribution in [0, 0.1) is 0 Å². The quantitative estimate of drug-likeness (QED) is 0.758. The number of aliphatic hydroxyl groups is 1. The van der Waals surface area contributed by atoms with Gasteiger partial charge in [0.2, 0.25) is 0 Å². The molecular weight excluding hydrogens is 194 g/mol. The van der Waals surface area contributed by atoms with Crippen molar-refractivity contribution in [3.8, 4) is 0 Å². The Balaban J connectivity index is 2.14. The van der Waals surface area contributed by atoms with Crippen molar-refractivity contribution >= 4 is 0 Å². The third kappa shape index (κ3) is 1.89. The summed E-state index contributed by atoms with van der Waals surface area (Å²) in [4.78, 5) is 4.06. The minimum absolute atomic E-state index is 0.441. The molecule has 0 saturated carbocycles. The molecule has 1 N–H and O–H groups in total. The average Bonchev–Trinajstić information content (AvgIpc) is 2.76. The van der Waals surface area contributed by atoms with E-state index in [1.807, 2.05) is 0 Å². The largest absolute Gasteiger partial charge is 0.386 e. The van der Waals surface area contributed by atoms with Crippen molar-refractivity contribution in [2.24, 2.45) is 14.1 Å². The zero-order valence-electron chi connectivity index (χ0n) is 8.70. The summed E-state index contributed by atoms with van der Waals surface area (Å²) in [5.74, 6) is 0.753. The Kier molecular flexibility index (Phi) is 2.51. The topological polar surface area (TPSA) is 68.8 Å². The molecule has 2 aromatic heterocycles. The molecule has 1 unspecified atom stereocenters. The minimum Gasteiger partial charge on any atom is -0.386 e. The Morgan fingerprint density at radius 2 is 2.13 bits per heavy atom. The van der Waals surface area contributed by atoms with Crippen LogP contribution in [0.4, 0.5) is 0 Å². The zero-order valence-corrected chi connectivity index (χ0v) is 8.70. The molecule has 0 radical (unpaired) electrons. The number of rotatable bonds is 3. The molecule has 0 aliphatic carbocycles. The van der Waals surface area contributed by atoms with Gasteiger partial charge in [0.05, 0.1) is 5.69 Å². The number of aromatic nitrogens is 5. The predicted molar refractivity (Wildman–Crippen MR) is 52.9 cm³/mol. The van der Waals surface area contributed by atoms with Gasteiger partial charge < -0.3 is 5.11 Å². The zero-order chi connectivity index (χ0) is 10.8. The Labute approximate surface area is 87.2 Å². The molecule has 2 heterocycles. The van der Waals surface area contributed by atoms with E-state index in [0.717, 1.165) is 11.5 Å². The fraction of sp³-hybridized carbons (Fsp3) is 0.444. The average molecular weight is 207 g/mol. The Morgan fingerprint density at radius 3 is 2.67 bits per heavy atom. The maximum absolute atomic E-state index is 9.94. The van der Waals surface area contributed by atoms with Crippen molar-refractivity contribution < 1.29 is 5.11 Å². The predicted octanol–water partition coefficient (Wildman–Crippen LogP) is -0.175. The van der Waals surface area contributed by atoms with Gasteiger partial charge in [0, 0.05) is 26.7 Å². The van der Waals surface area contributed by atoms with Crippen LogP contribution in [0.15, 0.2) is 18.6 Å². The fourth-order valence-electron chi connectivity index (χ4n) is 1.49. The van der Waals surface area contributed by atoms with Gasteiger partial charge in [-0.3, -0.25) is 9.36 Å². The Hall–Kier alpha value is -1.69. The van der Waals surface area contributed by atoms with Gasteiger partial charge in [0.15, 0.2) is 0 Å². The molecule has 0 fully saturated rings. The van der Waals surface area contributed by atoms with Gasteiger partial charge in [-0.05, 0) is 6.07 Å². The number of aliphatic hydroxyl groups excluding tert-OH is 1. The van der Waals surface area contributed by atoms with E-state index in [4.69, 9.17) is 0 Å². The first-order valence-corrected chi connectivity index (χ1v) is 4.67. The SMILES string of the molecule is Cn1nccc1C(O)Cc1ncnn1C. The van der Waals surface area contributed by atoms with Crippen molar-refractivity contribution in [2.75, 3.05) is 0 Å². The van der Waals surface area contributed by atoms with Crippen LogP contribution in [-0.2, 0) is 20.5 Å². The molecule has 0 aromatic carbocycles. The van der Waals surface area contributed by atoms with E-state index < -0.39 is 6.10 Å². The third-order valence-electron chi connectivity index (χ3n) is 2.38. The molecule has 15 heavy (non-hydrogen) atoms. The number of hydrogen-bond acceptors (Lipinski definition) is 4. The summed E-state index contributed by atoms with van der Waals surface area (Å²) in [5.41, 5.74) is 0.776. The van der Waals surface area contributed by atoms with Crippen LogP contribution in [0.25, 0.3) is 0 Å². The smallest absolute Gasteiger partial charge is 0.138 e. The summed E-state index contributed by atoms with van der Waals surface area (Å²) in [6.07, 6.45) is 2.98. The summed E-state index contributed by atoms with van der Waals surface area (Å²) in [7, 11) is 3.60. The first-order valence-electron chi connectivity index (χ1n) is 4.67. The van der Waals surface area contributed by atoms with E-state index >= 15 is 0 Å². The lowest BCUT2D eigenvalue weighted by atomic mass is 10.2. The summed E-state index contributed by atoms with van der Waals surface area (Å²) < 4.78 is 3.31. The van der Waals surface area contributed by atoms with E-state index in [-0.39, 0.29) is 0 Å². The van der Waals surface area contributed by atoms with Crippen LogP contribution in [0.2, 0.25) is 0 Å². The molecule has 0 bridgehead atoms. The minimum atomic E-state index is -0.597. The number of hydrogen-bond donors (Lipinski definition) is 1. The normalized spacial score (nSPS) is 13.0. The van der Waals surface area contributed by atoms with Crippen molar-refractivity contribution in [3.05, 3.63) is 30.1 Å². The van der Waals surface area contributed by atoms with Crippen LogP contribution >= 0.6 is 0 Å². The highest BCUT2D eigenvalue weighted by Gasteiger charge is 2.14. The second-order valence-corrected chi connectivity index (χ2v) is 3.40. The molecule has 2 rings (SSSR count). The highest BCUT2D eigenvalue weighted by molar-refractivity contribution is 5.06. The summed E-state index contributed by atoms with van der Waals surface area (Å²) in [6, 6.07) is 1.79. The molecule has 0 aliphatic rings. The molecule has 1 atom stereocenters. The highest BCUT2D eigenvalue weighted by Crippen LogP contribution is 2.15. The van der Waals surface area contributed by atoms with E-state index in [1.54, 1.807) is 35.7 Å². The van der Waals surface area contributed by atoms with Gasteiger partial charge in [-0.1, -0.05) is 0 Å². The monoisotopic (exact) mass is 207 g/mol. The van der Waals surface area contributed by atoms with Crippen LogP contribution in [0.3, 0.4) is 0 Å². The summed E-state index contributed by atoms with van der Waals surface area (Å²) in [5, 5.41) is 17.9. The third-order valence-corrected chi connectivity index (χ3v) is 2.38. The van der Waals surface area contributed by atoms with Gasteiger partial charge in [-0.15, -0.1) is 0 Å². The molecule has 2 aromatic rings. The first kappa shape index (κ1) is 9.85. The molecule has 80 valence electrons. The van der Waals surface area contributed by atoms with Crippen molar-refractivity contribution in [1.82, 2.24) is 24.5 Å². The van der Waals surface area contributed by atoms with Crippen LogP contribution in [-0.4, -0.2) is 29.7 Å². The lowest BCUT2D eigenvalue weighted by molar-refractivity contribution is 0.164. The van der Waals surface area contributed by atoms with E-state index in [2.05, 4.69) is 15.2 Å². The molecule has 0 amide bonds. The van der Waals surface area contributed by atoms with Crippen LogP contribution in [0.1, 0.15) is 17.6 Å². The van der Waals surface area contributed by atoms with Crippen LogP contribution in [0.5, 0.6) is 0 Å². The van der Waals surface area contributed by atoms with Gasteiger partial charge in [-0.2, -0.15) is 10.2 Å². The molecule has 6 nitrogen and oxygen atoms in total. The van der Waals surface area contributed by atoms with Gasteiger partial charge in [0.25, 0.3) is 0 Å². The molecule has 0 spiro atoms. The van der Waals surface area contributed by atoms with Crippen molar-refractivity contribution in [2.45, 2.75) is 12.5 Å². The lowest BCUT2D eigenvalue weighted by Crippen LogP contribution is -2.11.